The van der Waals surface area contributed by atoms with Gasteiger partial charge in [-0.1, -0.05) is 19.1 Å². The Morgan fingerprint density at radius 1 is 1.45 bits per heavy atom. The summed E-state index contributed by atoms with van der Waals surface area (Å²) in [5.41, 5.74) is 1.13. The number of hydrogen-bond acceptors (Lipinski definition) is 4. The highest BCUT2D eigenvalue weighted by atomic mass is 35.5. The average Bonchev–Trinajstić information content (AvgIpc) is 2.97. The first-order chi connectivity index (χ1) is 10.1. The van der Waals surface area contributed by atoms with Crippen molar-refractivity contribution in [3.05, 3.63) is 29.8 Å². The highest BCUT2D eigenvalue weighted by Gasteiger charge is 2.29. The number of ether oxygens (including phenoxy) is 1. The van der Waals surface area contributed by atoms with Crippen molar-refractivity contribution < 1.29 is 9.53 Å². The van der Waals surface area contributed by atoms with Gasteiger partial charge in [0.05, 0.1) is 18.2 Å². The maximum Gasteiger partial charge on any atom is 0.237 e. The maximum atomic E-state index is 12.2. The lowest BCUT2D eigenvalue weighted by Crippen LogP contribution is -2.41. The number of hydrogen-bond donors (Lipinski definition) is 2. The van der Waals surface area contributed by atoms with Gasteiger partial charge in [0.15, 0.2) is 0 Å². The number of carbonyl (C=O) groups is 1. The molecule has 6 heteroatoms. The van der Waals surface area contributed by atoms with Crippen LogP contribution < -0.4 is 10.6 Å². The minimum Gasteiger partial charge on any atom is -0.380 e. The third kappa shape index (κ3) is 5.16. The van der Waals surface area contributed by atoms with Crippen LogP contribution in [0.2, 0.25) is 0 Å². The van der Waals surface area contributed by atoms with Crippen molar-refractivity contribution in [3.8, 4) is 0 Å². The standard InChI is InChI=1S/C16H24N2O2S.ClH/c1-4-21-14-7-5-12(6-8-14)11(2)18-16(19)15-9-13(20-3)10-17-15;/h5-8,11,13,15,17H,4,9-10H2,1-3H3,(H,18,19);1H/t11?,13-,15+;/m0./s1. The molecule has 22 heavy (non-hydrogen) atoms. The molecule has 124 valence electrons. The normalized spacial score (nSPS) is 22.0. The van der Waals surface area contributed by atoms with Crippen LogP contribution >= 0.6 is 24.2 Å². The summed E-state index contributed by atoms with van der Waals surface area (Å²) in [4.78, 5) is 13.5. The summed E-state index contributed by atoms with van der Waals surface area (Å²) in [5.74, 6) is 1.12. The van der Waals surface area contributed by atoms with E-state index in [1.807, 2.05) is 18.7 Å². The van der Waals surface area contributed by atoms with Crippen LogP contribution in [0.25, 0.3) is 0 Å². The predicted molar refractivity (Wildman–Crippen MR) is 93.9 cm³/mol. The first-order valence-electron chi connectivity index (χ1n) is 7.43. The molecule has 1 heterocycles. The van der Waals surface area contributed by atoms with Gasteiger partial charge in [0.1, 0.15) is 0 Å². The number of halogens is 1. The fourth-order valence-electron chi connectivity index (χ4n) is 2.50. The van der Waals surface area contributed by atoms with Crippen LogP contribution in [0.4, 0.5) is 0 Å². The first-order valence-corrected chi connectivity index (χ1v) is 8.42. The van der Waals surface area contributed by atoms with Crippen molar-refractivity contribution in [2.75, 3.05) is 19.4 Å². The fraction of sp³-hybridized carbons (Fsp3) is 0.562. The number of benzene rings is 1. The Morgan fingerprint density at radius 2 is 2.14 bits per heavy atom. The molecular weight excluding hydrogens is 320 g/mol. The maximum absolute atomic E-state index is 12.2. The lowest BCUT2D eigenvalue weighted by molar-refractivity contribution is -0.123. The number of rotatable bonds is 6. The van der Waals surface area contributed by atoms with E-state index in [0.717, 1.165) is 24.3 Å². The SMILES string of the molecule is CCSc1ccc(C(C)NC(=O)[C@H]2C[C@H](OC)CN2)cc1.Cl. The lowest BCUT2D eigenvalue weighted by Gasteiger charge is -2.18. The smallest absolute Gasteiger partial charge is 0.237 e. The van der Waals surface area contributed by atoms with E-state index < -0.39 is 0 Å². The van der Waals surface area contributed by atoms with Crippen molar-refractivity contribution in [1.82, 2.24) is 10.6 Å². The van der Waals surface area contributed by atoms with Crippen LogP contribution in [-0.2, 0) is 9.53 Å². The number of amides is 1. The second-order valence-electron chi connectivity index (χ2n) is 5.29. The van der Waals surface area contributed by atoms with Crippen LogP contribution in [0.1, 0.15) is 31.9 Å². The summed E-state index contributed by atoms with van der Waals surface area (Å²) in [6.07, 6.45) is 0.877. The minimum absolute atomic E-state index is 0. The summed E-state index contributed by atoms with van der Waals surface area (Å²) in [7, 11) is 1.69. The van der Waals surface area contributed by atoms with Gasteiger partial charge in [-0.2, -0.15) is 0 Å². The van der Waals surface area contributed by atoms with Crippen molar-refractivity contribution in [1.29, 1.82) is 0 Å². The van der Waals surface area contributed by atoms with Gasteiger partial charge in [-0.05, 0) is 36.8 Å². The fourth-order valence-corrected chi connectivity index (χ4v) is 3.16. The topological polar surface area (TPSA) is 50.4 Å². The number of methoxy groups -OCH3 is 1. The van der Waals surface area contributed by atoms with E-state index in [0.29, 0.717) is 0 Å². The summed E-state index contributed by atoms with van der Waals surface area (Å²) in [6.45, 7) is 4.90. The zero-order valence-corrected chi connectivity index (χ0v) is 14.9. The molecule has 2 N–H and O–H groups in total. The highest BCUT2D eigenvalue weighted by Crippen LogP contribution is 2.21. The largest absolute Gasteiger partial charge is 0.380 e. The van der Waals surface area contributed by atoms with Gasteiger partial charge in [-0.3, -0.25) is 4.79 Å². The van der Waals surface area contributed by atoms with E-state index in [-0.39, 0.29) is 36.5 Å². The molecule has 0 saturated carbocycles. The average molecular weight is 345 g/mol. The van der Waals surface area contributed by atoms with Crippen molar-refractivity contribution in [2.45, 2.75) is 43.4 Å². The molecule has 1 fully saturated rings. The Labute approximate surface area is 143 Å². The molecule has 0 radical (unpaired) electrons. The van der Waals surface area contributed by atoms with Crippen molar-refractivity contribution in [3.63, 3.8) is 0 Å². The van der Waals surface area contributed by atoms with Gasteiger partial charge in [-0.25, -0.2) is 0 Å². The molecule has 4 nitrogen and oxygen atoms in total. The summed E-state index contributed by atoms with van der Waals surface area (Å²) >= 11 is 1.82. The Balaban J connectivity index is 0.00000242. The number of nitrogens with one attached hydrogen (secondary N) is 2. The van der Waals surface area contributed by atoms with Gasteiger partial charge in [0, 0.05) is 18.6 Å². The zero-order chi connectivity index (χ0) is 15.2. The molecule has 1 aromatic carbocycles. The Bertz CT molecular complexity index is 470. The molecule has 2 rings (SSSR count). The van der Waals surface area contributed by atoms with Crippen molar-refractivity contribution >= 4 is 30.1 Å². The molecule has 0 bridgehead atoms. The Morgan fingerprint density at radius 3 is 2.68 bits per heavy atom. The van der Waals surface area contributed by atoms with E-state index in [2.05, 4.69) is 41.8 Å². The van der Waals surface area contributed by atoms with E-state index in [1.54, 1.807) is 7.11 Å². The Hall–Kier alpha value is -0.750. The van der Waals surface area contributed by atoms with Gasteiger partial charge in [0.25, 0.3) is 0 Å². The molecule has 0 aliphatic carbocycles. The monoisotopic (exact) mass is 344 g/mol. The van der Waals surface area contributed by atoms with E-state index in [9.17, 15) is 4.79 Å². The minimum atomic E-state index is -0.146. The number of thioether (sulfide) groups is 1. The molecule has 1 aromatic rings. The van der Waals surface area contributed by atoms with Crippen molar-refractivity contribution in [2.24, 2.45) is 0 Å². The predicted octanol–water partition coefficient (Wildman–Crippen LogP) is 2.77. The lowest BCUT2D eigenvalue weighted by atomic mass is 10.1. The zero-order valence-electron chi connectivity index (χ0n) is 13.3. The number of carbonyl (C=O) groups excluding carboxylic acids is 1. The molecule has 0 spiro atoms. The van der Waals surface area contributed by atoms with E-state index in [1.165, 1.54) is 4.90 Å². The van der Waals surface area contributed by atoms with Crippen LogP contribution in [0.5, 0.6) is 0 Å². The molecule has 3 atom stereocenters. The summed E-state index contributed by atoms with van der Waals surface area (Å²) in [5, 5.41) is 6.27. The van der Waals surface area contributed by atoms with Crippen LogP contribution in [0.15, 0.2) is 29.2 Å². The van der Waals surface area contributed by atoms with Gasteiger partial charge in [-0.15, -0.1) is 24.2 Å². The Kier molecular flexibility index (Phi) is 8.25. The first kappa shape index (κ1) is 19.3. The molecule has 1 saturated heterocycles. The molecule has 1 aliphatic rings. The van der Waals surface area contributed by atoms with Gasteiger partial charge in [0.2, 0.25) is 5.91 Å². The second-order valence-corrected chi connectivity index (χ2v) is 6.62. The quantitative estimate of drug-likeness (QED) is 0.779. The van der Waals surface area contributed by atoms with Crippen LogP contribution in [-0.4, -0.2) is 37.5 Å². The molecule has 1 unspecified atom stereocenters. The summed E-state index contributed by atoms with van der Waals surface area (Å²) < 4.78 is 5.27. The molecule has 0 aromatic heterocycles. The highest BCUT2D eigenvalue weighted by molar-refractivity contribution is 7.99. The summed E-state index contributed by atoms with van der Waals surface area (Å²) in [6, 6.07) is 8.27. The van der Waals surface area contributed by atoms with Crippen LogP contribution in [0, 0.1) is 0 Å². The van der Waals surface area contributed by atoms with Gasteiger partial charge >= 0.3 is 0 Å². The van der Waals surface area contributed by atoms with E-state index >= 15 is 0 Å². The van der Waals surface area contributed by atoms with E-state index in [4.69, 9.17) is 4.74 Å². The third-order valence-electron chi connectivity index (χ3n) is 3.79. The van der Waals surface area contributed by atoms with Gasteiger partial charge < -0.3 is 15.4 Å². The second kappa shape index (κ2) is 9.40. The molecular formula is C16H25ClN2O2S. The molecule has 1 aliphatic heterocycles. The van der Waals surface area contributed by atoms with Crippen LogP contribution in [0.3, 0.4) is 0 Å². The third-order valence-corrected chi connectivity index (χ3v) is 4.68. The molecule has 1 amide bonds.